The standard InChI is InChI=1S/C24H26ClF2N6O2P/c1-35-21-17(8-9-19(31-21)33-13-23(14-33)11-24(26,27)12-23)30-22-28-10-15(25)20(32-22)29-16-6-4-5-7-18(16)36(2,3)34/h4-10H,11-14H2,1-3H3,(H2,28,29,30,32). The van der Waals surface area contributed by atoms with Crippen LogP contribution in [0.25, 0.3) is 0 Å². The first kappa shape index (κ1) is 24.7. The van der Waals surface area contributed by atoms with Crippen molar-refractivity contribution >= 4 is 53.0 Å². The van der Waals surface area contributed by atoms with Crippen molar-refractivity contribution in [3.8, 4) is 5.88 Å². The normalized spacial score (nSPS) is 17.8. The molecule has 190 valence electrons. The molecule has 1 spiro atoms. The number of para-hydroxylation sites is 1. The molecule has 2 N–H and O–H groups in total. The molecule has 0 atom stereocenters. The first-order chi connectivity index (χ1) is 17.0. The molecule has 0 unspecified atom stereocenters. The van der Waals surface area contributed by atoms with E-state index in [9.17, 15) is 13.3 Å². The predicted molar refractivity (Wildman–Crippen MR) is 139 cm³/mol. The van der Waals surface area contributed by atoms with Crippen LogP contribution in [0, 0.1) is 5.41 Å². The van der Waals surface area contributed by atoms with E-state index in [1.54, 1.807) is 25.5 Å². The number of nitrogens with one attached hydrogen (secondary N) is 2. The van der Waals surface area contributed by atoms with Crippen molar-refractivity contribution in [1.82, 2.24) is 15.0 Å². The highest BCUT2D eigenvalue weighted by Crippen LogP contribution is 2.57. The van der Waals surface area contributed by atoms with Gasteiger partial charge in [-0.25, -0.2) is 13.8 Å². The second kappa shape index (κ2) is 8.85. The molecule has 1 saturated heterocycles. The largest absolute Gasteiger partial charge is 0.479 e. The minimum atomic E-state index is -2.54. The van der Waals surface area contributed by atoms with Gasteiger partial charge in [-0.15, -0.1) is 0 Å². The van der Waals surface area contributed by atoms with Crippen LogP contribution in [-0.4, -0.2) is 54.4 Å². The van der Waals surface area contributed by atoms with Crippen LogP contribution in [-0.2, 0) is 4.57 Å². The Morgan fingerprint density at radius 2 is 1.78 bits per heavy atom. The SMILES string of the molecule is COc1nc(N2CC3(C2)CC(F)(F)C3)ccc1Nc1ncc(Cl)c(Nc2ccccc2P(C)(C)=O)n1. The number of pyridine rings is 1. The van der Waals surface area contributed by atoms with E-state index in [0.717, 1.165) is 0 Å². The average molecular weight is 535 g/mol. The van der Waals surface area contributed by atoms with Gasteiger partial charge in [-0.2, -0.15) is 9.97 Å². The number of rotatable bonds is 7. The minimum Gasteiger partial charge on any atom is -0.479 e. The third-order valence-electron chi connectivity index (χ3n) is 6.41. The maximum Gasteiger partial charge on any atom is 0.249 e. The highest BCUT2D eigenvalue weighted by Gasteiger charge is 2.61. The zero-order chi connectivity index (χ0) is 25.7. The van der Waals surface area contributed by atoms with Crippen LogP contribution < -0.4 is 25.6 Å². The average Bonchev–Trinajstić information content (AvgIpc) is 2.78. The second-order valence-corrected chi connectivity index (χ2v) is 13.4. The molecule has 1 aliphatic carbocycles. The van der Waals surface area contributed by atoms with Crippen LogP contribution in [0.3, 0.4) is 0 Å². The van der Waals surface area contributed by atoms with E-state index in [1.165, 1.54) is 13.3 Å². The highest BCUT2D eigenvalue weighted by molar-refractivity contribution is 7.70. The summed E-state index contributed by atoms with van der Waals surface area (Å²) in [7, 11) is -1.04. The Bertz CT molecular complexity index is 1350. The molecule has 2 fully saturated rings. The third-order valence-corrected chi connectivity index (χ3v) is 8.24. The van der Waals surface area contributed by atoms with Crippen molar-refractivity contribution in [2.45, 2.75) is 18.8 Å². The van der Waals surface area contributed by atoms with Crippen molar-refractivity contribution in [3.05, 3.63) is 47.6 Å². The molecule has 0 radical (unpaired) electrons. The molecule has 8 nitrogen and oxygen atoms in total. The Kier molecular flexibility index (Phi) is 6.08. The Balaban J connectivity index is 1.33. The maximum absolute atomic E-state index is 13.3. The molecule has 3 heterocycles. The zero-order valence-corrected chi connectivity index (χ0v) is 21.7. The molecule has 36 heavy (non-hydrogen) atoms. The maximum atomic E-state index is 13.3. The minimum absolute atomic E-state index is 0.0594. The molecule has 1 saturated carbocycles. The quantitative estimate of drug-likeness (QED) is 0.384. The van der Waals surface area contributed by atoms with Gasteiger partial charge in [0.1, 0.15) is 23.7 Å². The number of hydrogen-bond donors (Lipinski definition) is 2. The summed E-state index contributed by atoms with van der Waals surface area (Å²) in [5, 5.41) is 7.24. The molecule has 3 aromatic rings. The molecule has 0 bridgehead atoms. The van der Waals surface area contributed by atoms with Gasteiger partial charge in [0, 0.05) is 36.7 Å². The lowest BCUT2D eigenvalue weighted by atomic mass is 9.61. The van der Waals surface area contributed by atoms with E-state index in [0.29, 0.717) is 52.3 Å². The Morgan fingerprint density at radius 3 is 2.44 bits per heavy atom. The summed E-state index contributed by atoms with van der Waals surface area (Å²) in [6.45, 7) is 4.52. The summed E-state index contributed by atoms with van der Waals surface area (Å²) in [6, 6.07) is 10.9. The summed E-state index contributed by atoms with van der Waals surface area (Å²) < 4.78 is 44.8. The lowest BCUT2D eigenvalue weighted by Gasteiger charge is -2.59. The topological polar surface area (TPSA) is 92.3 Å². The Hall–Kier alpha value is -2.97. The first-order valence-corrected chi connectivity index (χ1v) is 14.3. The van der Waals surface area contributed by atoms with E-state index in [1.807, 2.05) is 29.2 Å². The molecular weight excluding hydrogens is 509 g/mol. The molecular formula is C24H26ClF2N6O2P. The van der Waals surface area contributed by atoms with E-state index in [2.05, 4.69) is 25.6 Å². The lowest BCUT2D eigenvalue weighted by Crippen LogP contribution is -2.66. The van der Waals surface area contributed by atoms with E-state index < -0.39 is 13.1 Å². The van der Waals surface area contributed by atoms with E-state index >= 15 is 0 Å². The number of nitrogens with zero attached hydrogens (tertiary/aromatic N) is 4. The summed E-state index contributed by atoms with van der Waals surface area (Å²) >= 11 is 6.34. The van der Waals surface area contributed by atoms with Crippen molar-refractivity contribution in [3.63, 3.8) is 0 Å². The molecule has 5 rings (SSSR count). The van der Waals surface area contributed by atoms with Crippen molar-refractivity contribution in [2.75, 3.05) is 49.1 Å². The Labute approximate surface area is 212 Å². The molecule has 2 aromatic heterocycles. The van der Waals surface area contributed by atoms with Gasteiger partial charge in [0.05, 0.1) is 19.0 Å². The number of aromatic nitrogens is 3. The van der Waals surface area contributed by atoms with Gasteiger partial charge in [-0.05, 0) is 37.6 Å². The van der Waals surface area contributed by atoms with Gasteiger partial charge < -0.3 is 24.8 Å². The summed E-state index contributed by atoms with van der Waals surface area (Å²) in [5.41, 5.74) is 0.891. The fourth-order valence-electron chi connectivity index (χ4n) is 4.86. The fraction of sp³-hybridized carbons (Fsp3) is 0.375. The van der Waals surface area contributed by atoms with Crippen molar-refractivity contribution < 1.29 is 18.1 Å². The van der Waals surface area contributed by atoms with Gasteiger partial charge in [0.25, 0.3) is 0 Å². The zero-order valence-electron chi connectivity index (χ0n) is 20.1. The lowest BCUT2D eigenvalue weighted by molar-refractivity contribution is -0.170. The fourth-order valence-corrected chi connectivity index (χ4v) is 6.16. The van der Waals surface area contributed by atoms with Gasteiger partial charge in [0.15, 0.2) is 5.82 Å². The second-order valence-electron chi connectivity index (χ2n) is 9.80. The third kappa shape index (κ3) is 4.84. The van der Waals surface area contributed by atoms with Crippen molar-refractivity contribution in [2.24, 2.45) is 5.41 Å². The van der Waals surface area contributed by atoms with Crippen LogP contribution in [0.1, 0.15) is 12.8 Å². The molecule has 0 amide bonds. The molecule has 12 heteroatoms. The number of anilines is 5. The van der Waals surface area contributed by atoms with Crippen LogP contribution >= 0.6 is 18.7 Å². The van der Waals surface area contributed by atoms with E-state index in [-0.39, 0.29) is 24.2 Å². The number of benzene rings is 1. The monoisotopic (exact) mass is 534 g/mol. The molecule has 1 aromatic carbocycles. The molecule has 1 aliphatic heterocycles. The van der Waals surface area contributed by atoms with E-state index in [4.69, 9.17) is 16.3 Å². The number of ether oxygens (including phenoxy) is 1. The highest BCUT2D eigenvalue weighted by atomic mass is 35.5. The number of hydrogen-bond acceptors (Lipinski definition) is 8. The van der Waals surface area contributed by atoms with Crippen LogP contribution in [0.4, 0.5) is 37.7 Å². The van der Waals surface area contributed by atoms with Gasteiger partial charge in [-0.3, -0.25) is 0 Å². The summed E-state index contributed by atoms with van der Waals surface area (Å²) in [5.74, 6) is -0.946. The van der Waals surface area contributed by atoms with Gasteiger partial charge >= 0.3 is 0 Å². The summed E-state index contributed by atoms with van der Waals surface area (Å²) in [4.78, 5) is 15.2. The van der Waals surface area contributed by atoms with Crippen LogP contribution in [0.15, 0.2) is 42.6 Å². The van der Waals surface area contributed by atoms with Crippen molar-refractivity contribution in [1.29, 1.82) is 0 Å². The van der Waals surface area contributed by atoms with Crippen LogP contribution in [0.2, 0.25) is 5.02 Å². The smallest absolute Gasteiger partial charge is 0.249 e. The number of alkyl halides is 2. The Morgan fingerprint density at radius 1 is 1.06 bits per heavy atom. The van der Waals surface area contributed by atoms with Gasteiger partial charge in [-0.1, -0.05) is 23.7 Å². The molecule has 2 aliphatic rings. The predicted octanol–water partition coefficient (Wildman–Crippen LogP) is 5.50. The number of methoxy groups -OCH3 is 1. The number of halogens is 3. The first-order valence-electron chi connectivity index (χ1n) is 11.4. The van der Waals surface area contributed by atoms with Gasteiger partial charge in [0.2, 0.25) is 17.8 Å². The van der Waals surface area contributed by atoms with Crippen LogP contribution in [0.5, 0.6) is 5.88 Å². The summed E-state index contributed by atoms with van der Waals surface area (Å²) in [6.07, 6.45) is 1.34.